The third-order valence-corrected chi connectivity index (χ3v) is 5.03. The van der Waals surface area contributed by atoms with E-state index in [0.717, 1.165) is 28.8 Å². The van der Waals surface area contributed by atoms with Crippen LogP contribution in [0.15, 0.2) is 28.9 Å². The summed E-state index contributed by atoms with van der Waals surface area (Å²) in [5.74, 6) is 0.894. The molecule has 0 aliphatic carbocycles. The average Bonchev–Trinajstić information content (AvgIpc) is 2.92. The van der Waals surface area contributed by atoms with Crippen LogP contribution in [0.2, 0.25) is 0 Å². The number of ether oxygens (including phenoxy) is 1. The highest BCUT2D eigenvalue weighted by molar-refractivity contribution is 9.10. The lowest BCUT2D eigenvalue weighted by Gasteiger charge is -2.12. The third kappa shape index (κ3) is 3.88. The first-order valence-electron chi connectivity index (χ1n) is 7.48. The van der Waals surface area contributed by atoms with Crippen molar-refractivity contribution in [2.45, 2.75) is 53.2 Å². The molecule has 1 aromatic heterocycles. The number of hydrogen-bond acceptors (Lipinski definition) is 2. The molecule has 0 aliphatic heterocycles. The number of hydrogen-bond donors (Lipinski definition) is 0. The SMILES string of the molecule is CCC(CC)n1ccc(COc2cc(C)c(Br)c(C)c2)n1. The molecule has 21 heavy (non-hydrogen) atoms. The standard InChI is InChI=1S/C17H23BrN2O/c1-5-15(6-2)20-8-7-14(19-20)11-21-16-9-12(3)17(18)13(4)10-16/h7-10,15H,5-6,11H2,1-4H3. The van der Waals surface area contributed by atoms with Crippen LogP contribution in [0.3, 0.4) is 0 Å². The van der Waals surface area contributed by atoms with Gasteiger partial charge in [0.2, 0.25) is 0 Å². The lowest BCUT2D eigenvalue weighted by atomic mass is 10.1. The number of rotatable bonds is 6. The predicted molar refractivity (Wildman–Crippen MR) is 89.8 cm³/mol. The molecular formula is C17H23BrN2O. The Hall–Kier alpha value is -1.29. The second kappa shape index (κ2) is 7.12. The number of nitrogens with zero attached hydrogens (tertiary/aromatic N) is 2. The van der Waals surface area contributed by atoms with Crippen LogP contribution < -0.4 is 4.74 Å². The van der Waals surface area contributed by atoms with E-state index in [9.17, 15) is 0 Å². The van der Waals surface area contributed by atoms with E-state index in [-0.39, 0.29) is 0 Å². The first kappa shape index (κ1) is 16.1. The molecule has 0 bridgehead atoms. The molecule has 0 atom stereocenters. The highest BCUT2D eigenvalue weighted by Crippen LogP contribution is 2.26. The van der Waals surface area contributed by atoms with Gasteiger partial charge in [0.1, 0.15) is 12.4 Å². The van der Waals surface area contributed by atoms with E-state index >= 15 is 0 Å². The zero-order chi connectivity index (χ0) is 15.4. The van der Waals surface area contributed by atoms with Crippen molar-refractivity contribution in [3.63, 3.8) is 0 Å². The van der Waals surface area contributed by atoms with Crippen LogP contribution in [-0.4, -0.2) is 9.78 Å². The quantitative estimate of drug-likeness (QED) is 0.715. The molecule has 0 fully saturated rings. The van der Waals surface area contributed by atoms with Crippen molar-refractivity contribution in [3.05, 3.63) is 45.7 Å². The third-order valence-electron chi connectivity index (χ3n) is 3.78. The maximum absolute atomic E-state index is 5.87. The lowest BCUT2D eigenvalue weighted by molar-refractivity contribution is 0.296. The van der Waals surface area contributed by atoms with Gasteiger partial charge in [-0.3, -0.25) is 4.68 Å². The van der Waals surface area contributed by atoms with E-state index in [2.05, 4.69) is 71.7 Å². The van der Waals surface area contributed by atoms with Crippen molar-refractivity contribution in [2.24, 2.45) is 0 Å². The highest BCUT2D eigenvalue weighted by atomic mass is 79.9. The zero-order valence-electron chi connectivity index (χ0n) is 13.2. The molecule has 0 saturated heterocycles. The van der Waals surface area contributed by atoms with E-state index in [0.29, 0.717) is 12.6 Å². The molecule has 1 aromatic carbocycles. The summed E-state index contributed by atoms with van der Waals surface area (Å²) in [5.41, 5.74) is 3.35. The van der Waals surface area contributed by atoms with Gasteiger partial charge in [0.05, 0.1) is 11.7 Å². The minimum Gasteiger partial charge on any atom is -0.487 e. The van der Waals surface area contributed by atoms with Crippen LogP contribution in [0.4, 0.5) is 0 Å². The highest BCUT2D eigenvalue weighted by Gasteiger charge is 2.09. The molecule has 114 valence electrons. The van der Waals surface area contributed by atoms with Crippen LogP contribution in [0, 0.1) is 13.8 Å². The summed E-state index contributed by atoms with van der Waals surface area (Å²) >= 11 is 3.57. The molecule has 3 nitrogen and oxygen atoms in total. The fraction of sp³-hybridized carbons (Fsp3) is 0.471. The van der Waals surface area contributed by atoms with Crippen molar-refractivity contribution >= 4 is 15.9 Å². The fourth-order valence-corrected chi connectivity index (χ4v) is 2.70. The van der Waals surface area contributed by atoms with Gasteiger partial charge in [0, 0.05) is 10.7 Å². The Balaban J connectivity index is 2.03. The Morgan fingerprint density at radius 2 is 1.81 bits per heavy atom. The predicted octanol–water partition coefficient (Wildman–Crippen LogP) is 5.20. The van der Waals surface area contributed by atoms with Crippen LogP contribution in [0.5, 0.6) is 5.75 Å². The van der Waals surface area contributed by atoms with Gasteiger partial charge >= 0.3 is 0 Å². The van der Waals surface area contributed by atoms with Gasteiger partial charge < -0.3 is 4.74 Å². The van der Waals surface area contributed by atoms with Crippen molar-refractivity contribution < 1.29 is 4.74 Å². The molecule has 0 N–H and O–H groups in total. The van der Waals surface area contributed by atoms with Gasteiger partial charge in [-0.15, -0.1) is 0 Å². The maximum atomic E-state index is 5.87. The number of halogens is 1. The normalized spacial score (nSPS) is 11.1. The van der Waals surface area contributed by atoms with Crippen molar-refractivity contribution in [1.29, 1.82) is 0 Å². The Morgan fingerprint density at radius 1 is 1.19 bits per heavy atom. The Morgan fingerprint density at radius 3 is 2.38 bits per heavy atom. The number of benzene rings is 1. The summed E-state index contributed by atoms with van der Waals surface area (Å²) < 4.78 is 9.07. The molecular weight excluding hydrogens is 328 g/mol. The number of aryl methyl sites for hydroxylation is 2. The van der Waals surface area contributed by atoms with Crippen molar-refractivity contribution in [3.8, 4) is 5.75 Å². The van der Waals surface area contributed by atoms with Crippen LogP contribution in [0.1, 0.15) is 49.6 Å². The van der Waals surface area contributed by atoms with Gasteiger partial charge in [-0.25, -0.2) is 0 Å². The van der Waals surface area contributed by atoms with Crippen molar-refractivity contribution in [1.82, 2.24) is 9.78 Å². The van der Waals surface area contributed by atoms with E-state index in [1.165, 1.54) is 11.1 Å². The van der Waals surface area contributed by atoms with Gasteiger partial charge in [0.15, 0.2) is 0 Å². The lowest BCUT2D eigenvalue weighted by Crippen LogP contribution is -2.08. The monoisotopic (exact) mass is 350 g/mol. The van der Waals surface area contributed by atoms with Crippen LogP contribution >= 0.6 is 15.9 Å². The van der Waals surface area contributed by atoms with E-state index in [1.807, 2.05) is 6.07 Å². The summed E-state index contributed by atoms with van der Waals surface area (Å²) in [6.07, 6.45) is 4.25. The Kier molecular flexibility index (Phi) is 5.45. The minimum atomic E-state index is 0.482. The van der Waals surface area contributed by atoms with E-state index in [4.69, 9.17) is 4.74 Å². The Bertz CT molecular complexity index is 580. The first-order valence-corrected chi connectivity index (χ1v) is 8.28. The summed E-state index contributed by atoms with van der Waals surface area (Å²) in [6.45, 7) is 9.05. The maximum Gasteiger partial charge on any atom is 0.132 e. The molecule has 1 heterocycles. The summed E-state index contributed by atoms with van der Waals surface area (Å²) in [5, 5.41) is 4.61. The molecule has 0 spiro atoms. The summed E-state index contributed by atoms with van der Waals surface area (Å²) in [4.78, 5) is 0. The Labute approximate surface area is 135 Å². The average molecular weight is 351 g/mol. The topological polar surface area (TPSA) is 27.1 Å². The van der Waals surface area contributed by atoms with Gasteiger partial charge in [-0.05, 0) is 56.0 Å². The molecule has 0 unspecified atom stereocenters. The second-order valence-electron chi connectivity index (χ2n) is 5.42. The first-order chi connectivity index (χ1) is 10.0. The summed E-state index contributed by atoms with van der Waals surface area (Å²) in [7, 11) is 0. The molecule has 0 radical (unpaired) electrons. The minimum absolute atomic E-state index is 0.482. The van der Waals surface area contributed by atoms with E-state index in [1.54, 1.807) is 0 Å². The zero-order valence-corrected chi connectivity index (χ0v) is 14.8. The fourth-order valence-electron chi connectivity index (χ4n) is 2.47. The molecule has 0 amide bonds. The smallest absolute Gasteiger partial charge is 0.132 e. The van der Waals surface area contributed by atoms with Gasteiger partial charge in [-0.1, -0.05) is 29.8 Å². The molecule has 2 aromatic rings. The molecule has 0 aliphatic rings. The summed E-state index contributed by atoms with van der Waals surface area (Å²) in [6, 6.07) is 6.62. The molecule has 2 rings (SSSR count). The molecule has 4 heteroatoms. The van der Waals surface area contributed by atoms with Crippen LogP contribution in [0.25, 0.3) is 0 Å². The van der Waals surface area contributed by atoms with Crippen molar-refractivity contribution in [2.75, 3.05) is 0 Å². The molecule has 0 saturated carbocycles. The second-order valence-corrected chi connectivity index (χ2v) is 6.21. The van der Waals surface area contributed by atoms with Gasteiger partial charge in [0.25, 0.3) is 0 Å². The van der Waals surface area contributed by atoms with Gasteiger partial charge in [-0.2, -0.15) is 5.10 Å². The van der Waals surface area contributed by atoms with E-state index < -0.39 is 0 Å². The number of aromatic nitrogens is 2. The van der Waals surface area contributed by atoms with Crippen LogP contribution in [-0.2, 0) is 6.61 Å². The largest absolute Gasteiger partial charge is 0.487 e.